The Morgan fingerprint density at radius 1 is 1.70 bits per heavy atom. The van der Waals surface area contributed by atoms with Crippen LogP contribution in [0.4, 0.5) is 0 Å². The van der Waals surface area contributed by atoms with E-state index in [0.29, 0.717) is 13.2 Å². The van der Waals surface area contributed by atoms with Crippen LogP contribution in [0.3, 0.4) is 0 Å². The molecule has 56 valence electrons. The van der Waals surface area contributed by atoms with Gasteiger partial charge in [0.25, 0.3) is 0 Å². The van der Waals surface area contributed by atoms with Crippen molar-refractivity contribution in [1.82, 2.24) is 5.48 Å². The quantitative estimate of drug-likeness (QED) is 0.507. The van der Waals surface area contributed by atoms with Crippen molar-refractivity contribution in [3.8, 4) is 0 Å². The summed E-state index contributed by atoms with van der Waals surface area (Å²) in [4.78, 5) is 4.92. The molecule has 0 spiro atoms. The van der Waals surface area contributed by atoms with Crippen LogP contribution >= 0.6 is 0 Å². The molecule has 0 atom stereocenters. The maximum atomic E-state index is 4.92. The second-order valence-corrected chi connectivity index (χ2v) is 1.89. The van der Waals surface area contributed by atoms with Crippen LogP contribution in [-0.2, 0) is 11.4 Å². The lowest BCUT2D eigenvalue weighted by Crippen LogP contribution is -2.12. The molecule has 10 heavy (non-hydrogen) atoms. The molecule has 0 aromatic carbocycles. The van der Waals surface area contributed by atoms with Crippen molar-refractivity contribution >= 4 is 0 Å². The first-order valence-corrected chi connectivity index (χ1v) is 3.29. The van der Waals surface area contributed by atoms with Gasteiger partial charge in [-0.05, 0) is 13.0 Å². The largest absolute Gasteiger partial charge is 0.472 e. The molecule has 1 aromatic heterocycles. The van der Waals surface area contributed by atoms with Crippen LogP contribution in [0.1, 0.15) is 12.5 Å². The van der Waals surface area contributed by atoms with Gasteiger partial charge in [0.1, 0.15) is 0 Å². The van der Waals surface area contributed by atoms with Crippen molar-refractivity contribution in [2.24, 2.45) is 0 Å². The van der Waals surface area contributed by atoms with Crippen LogP contribution < -0.4 is 5.48 Å². The molecule has 0 aliphatic heterocycles. The van der Waals surface area contributed by atoms with Gasteiger partial charge in [0, 0.05) is 12.1 Å². The molecular weight excluding hydrogens is 130 g/mol. The van der Waals surface area contributed by atoms with Crippen LogP contribution in [0, 0.1) is 0 Å². The minimum absolute atomic E-state index is 0.678. The lowest BCUT2D eigenvalue weighted by Gasteiger charge is -1.98. The zero-order chi connectivity index (χ0) is 7.23. The third-order valence-electron chi connectivity index (χ3n) is 1.10. The van der Waals surface area contributed by atoms with Crippen molar-refractivity contribution in [3.63, 3.8) is 0 Å². The Bertz CT molecular complexity index is 160. The second kappa shape index (κ2) is 4.09. The van der Waals surface area contributed by atoms with E-state index in [4.69, 9.17) is 9.25 Å². The van der Waals surface area contributed by atoms with Crippen molar-refractivity contribution in [2.75, 3.05) is 6.61 Å². The lowest BCUT2D eigenvalue weighted by molar-refractivity contribution is 0.0462. The topological polar surface area (TPSA) is 34.4 Å². The Kier molecular flexibility index (Phi) is 2.99. The summed E-state index contributed by atoms with van der Waals surface area (Å²) in [5.74, 6) is 0. The molecule has 0 bridgehead atoms. The van der Waals surface area contributed by atoms with Crippen LogP contribution in [0.25, 0.3) is 0 Å². The highest BCUT2D eigenvalue weighted by atomic mass is 16.6. The highest BCUT2D eigenvalue weighted by molar-refractivity contribution is 5.03. The van der Waals surface area contributed by atoms with Crippen LogP contribution in [-0.4, -0.2) is 6.61 Å². The Morgan fingerprint density at radius 3 is 3.20 bits per heavy atom. The third kappa shape index (κ3) is 2.21. The summed E-state index contributed by atoms with van der Waals surface area (Å²) in [6, 6.07) is 1.89. The number of hydroxylamine groups is 1. The number of nitrogens with one attached hydrogen (secondary N) is 1. The molecule has 0 saturated carbocycles. The summed E-state index contributed by atoms with van der Waals surface area (Å²) in [5, 5.41) is 0. The summed E-state index contributed by atoms with van der Waals surface area (Å²) in [5.41, 5.74) is 3.87. The minimum Gasteiger partial charge on any atom is -0.472 e. The van der Waals surface area contributed by atoms with Gasteiger partial charge >= 0.3 is 0 Å². The SMILES string of the molecule is CCONCc1ccoc1. The van der Waals surface area contributed by atoms with E-state index in [1.165, 1.54) is 0 Å². The predicted molar refractivity (Wildman–Crippen MR) is 37.2 cm³/mol. The summed E-state index contributed by atoms with van der Waals surface area (Å²) in [6.07, 6.45) is 3.33. The van der Waals surface area contributed by atoms with Gasteiger partial charge in [0.05, 0.1) is 19.1 Å². The fourth-order valence-electron chi connectivity index (χ4n) is 0.630. The molecule has 0 unspecified atom stereocenters. The lowest BCUT2D eigenvalue weighted by atomic mass is 10.3. The molecule has 0 saturated heterocycles. The summed E-state index contributed by atoms with van der Waals surface area (Å²) in [6.45, 7) is 3.31. The molecule has 3 nitrogen and oxygen atoms in total. The first kappa shape index (κ1) is 7.31. The highest BCUT2D eigenvalue weighted by Gasteiger charge is 1.90. The minimum atomic E-state index is 0.678. The van der Waals surface area contributed by atoms with Crippen molar-refractivity contribution in [2.45, 2.75) is 13.5 Å². The van der Waals surface area contributed by atoms with Gasteiger partial charge in [-0.3, -0.25) is 0 Å². The van der Waals surface area contributed by atoms with E-state index >= 15 is 0 Å². The van der Waals surface area contributed by atoms with Gasteiger partial charge in [-0.1, -0.05) is 0 Å². The number of rotatable bonds is 4. The molecule has 0 fully saturated rings. The maximum absolute atomic E-state index is 4.92. The summed E-state index contributed by atoms with van der Waals surface area (Å²) < 4.78 is 4.85. The molecule has 0 amide bonds. The van der Waals surface area contributed by atoms with Crippen molar-refractivity contribution in [1.29, 1.82) is 0 Å². The average Bonchev–Trinajstić information content (AvgIpc) is 2.41. The van der Waals surface area contributed by atoms with E-state index in [9.17, 15) is 0 Å². The van der Waals surface area contributed by atoms with E-state index in [1.807, 2.05) is 13.0 Å². The predicted octanol–water partition coefficient (Wildman–Crippen LogP) is 1.32. The molecule has 0 aliphatic rings. The maximum Gasteiger partial charge on any atom is 0.0948 e. The fraction of sp³-hybridized carbons (Fsp3) is 0.429. The fourth-order valence-corrected chi connectivity index (χ4v) is 0.630. The molecule has 1 N–H and O–H groups in total. The van der Waals surface area contributed by atoms with Gasteiger partial charge < -0.3 is 9.25 Å². The monoisotopic (exact) mass is 141 g/mol. The molecule has 0 radical (unpaired) electrons. The molecule has 1 aromatic rings. The van der Waals surface area contributed by atoms with Gasteiger partial charge in [-0.2, -0.15) is 5.48 Å². The van der Waals surface area contributed by atoms with E-state index in [-0.39, 0.29) is 0 Å². The van der Waals surface area contributed by atoms with Gasteiger partial charge in [-0.25, -0.2) is 0 Å². The average molecular weight is 141 g/mol. The smallest absolute Gasteiger partial charge is 0.0948 e. The van der Waals surface area contributed by atoms with Crippen molar-refractivity contribution in [3.05, 3.63) is 24.2 Å². The van der Waals surface area contributed by atoms with E-state index in [0.717, 1.165) is 5.56 Å². The molecular formula is C7H11NO2. The zero-order valence-corrected chi connectivity index (χ0v) is 5.96. The Balaban J connectivity index is 2.15. The van der Waals surface area contributed by atoms with E-state index < -0.39 is 0 Å². The van der Waals surface area contributed by atoms with E-state index in [1.54, 1.807) is 12.5 Å². The van der Waals surface area contributed by atoms with Crippen LogP contribution in [0.15, 0.2) is 23.0 Å². The first-order valence-electron chi connectivity index (χ1n) is 3.29. The number of hydrogen-bond acceptors (Lipinski definition) is 3. The summed E-state index contributed by atoms with van der Waals surface area (Å²) in [7, 11) is 0. The van der Waals surface area contributed by atoms with Gasteiger partial charge in [0.2, 0.25) is 0 Å². The first-order chi connectivity index (χ1) is 4.93. The van der Waals surface area contributed by atoms with Crippen LogP contribution in [0.5, 0.6) is 0 Å². The zero-order valence-electron chi connectivity index (χ0n) is 5.96. The normalized spacial score (nSPS) is 10.1. The van der Waals surface area contributed by atoms with Gasteiger partial charge in [-0.15, -0.1) is 0 Å². The number of hydrogen-bond donors (Lipinski definition) is 1. The van der Waals surface area contributed by atoms with Gasteiger partial charge in [0.15, 0.2) is 0 Å². The third-order valence-corrected chi connectivity index (χ3v) is 1.10. The molecule has 1 heterocycles. The number of furan rings is 1. The summed E-state index contributed by atoms with van der Waals surface area (Å²) >= 11 is 0. The second-order valence-electron chi connectivity index (χ2n) is 1.89. The van der Waals surface area contributed by atoms with Crippen LogP contribution in [0.2, 0.25) is 0 Å². The highest BCUT2D eigenvalue weighted by Crippen LogP contribution is 1.97. The van der Waals surface area contributed by atoms with Crippen molar-refractivity contribution < 1.29 is 9.25 Å². The Morgan fingerprint density at radius 2 is 2.60 bits per heavy atom. The van der Waals surface area contributed by atoms with E-state index in [2.05, 4.69) is 5.48 Å². The Hall–Kier alpha value is -0.800. The molecule has 1 rings (SSSR count). The molecule has 3 heteroatoms. The molecule has 0 aliphatic carbocycles. The Labute approximate surface area is 59.9 Å². The standard InChI is InChI=1S/C7H11NO2/c1-2-10-8-5-7-3-4-9-6-7/h3-4,6,8H,2,5H2,1H3.